The van der Waals surface area contributed by atoms with E-state index in [0.29, 0.717) is 9.26 Å². The lowest BCUT2D eigenvalue weighted by atomic mass is 10.2. The molecule has 80 valence electrons. The fourth-order valence-corrected chi connectivity index (χ4v) is 2.30. The minimum absolute atomic E-state index is 0.342. The summed E-state index contributed by atoms with van der Waals surface area (Å²) in [6.07, 6.45) is 1.61. The van der Waals surface area contributed by atoms with E-state index in [0.717, 1.165) is 11.1 Å². The van der Waals surface area contributed by atoms with E-state index in [4.69, 9.17) is 11.6 Å². The molecule has 0 aliphatic rings. The molecule has 1 atom stereocenters. The Morgan fingerprint density at radius 2 is 1.93 bits per heavy atom. The summed E-state index contributed by atoms with van der Waals surface area (Å²) in [4.78, 5) is 0.715. The summed E-state index contributed by atoms with van der Waals surface area (Å²) >= 11 is 5.96. The largest absolute Gasteiger partial charge is 0.248 e. The molecule has 0 fully saturated rings. The quantitative estimate of drug-likeness (QED) is 0.736. The molecule has 0 aliphatic carbocycles. The first-order valence-corrected chi connectivity index (χ1v) is 6.06. The average Bonchev–Trinajstić information content (AvgIpc) is 2.27. The number of rotatable bonds is 3. The van der Waals surface area contributed by atoms with E-state index in [1.165, 1.54) is 0 Å². The van der Waals surface area contributed by atoms with Crippen LogP contribution in [0.3, 0.4) is 0 Å². The fraction of sp³-hybridized carbons (Fsp3) is 0.167. The first-order valence-electron chi connectivity index (χ1n) is 4.53. The van der Waals surface area contributed by atoms with E-state index in [1.54, 1.807) is 13.0 Å². The number of hydrogen-bond donors (Lipinski definition) is 0. The Hall–Kier alpha value is -0.860. The van der Waals surface area contributed by atoms with Crippen molar-refractivity contribution in [3.8, 4) is 0 Å². The van der Waals surface area contributed by atoms with Gasteiger partial charge < -0.3 is 0 Å². The zero-order valence-electron chi connectivity index (χ0n) is 8.79. The predicted molar refractivity (Wildman–Crippen MR) is 66.3 cm³/mol. The monoisotopic (exact) mass is 240 g/mol. The van der Waals surface area contributed by atoms with Crippen LogP contribution < -0.4 is 0 Å². The summed E-state index contributed by atoms with van der Waals surface area (Å²) in [5.41, 5.74) is 1.88. The van der Waals surface area contributed by atoms with Gasteiger partial charge in [-0.2, -0.15) is 0 Å². The van der Waals surface area contributed by atoms with Crippen molar-refractivity contribution in [2.24, 2.45) is 0 Å². The second-order valence-corrected chi connectivity index (χ2v) is 5.26. The van der Waals surface area contributed by atoms with E-state index >= 15 is 0 Å². The first kappa shape index (κ1) is 12.2. The van der Waals surface area contributed by atoms with Crippen molar-refractivity contribution in [2.75, 3.05) is 0 Å². The Bertz CT molecular complexity index is 418. The van der Waals surface area contributed by atoms with E-state index < -0.39 is 10.8 Å². The van der Waals surface area contributed by atoms with Crippen LogP contribution in [-0.2, 0) is 10.8 Å². The van der Waals surface area contributed by atoms with Crippen LogP contribution >= 0.6 is 11.6 Å². The number of aryl methyl sites for hydroxylation is 1. The topological polar surface area (TPSA) is 17.1 Å². The molecule has 3 heteroatoms. The SMILES string of the molecule is C=C/C(C)=C(\Cl)[S@@](=O)c1ccc(C)cc1. The molecule has 0 aliphatic heterocycles. The summed E-state index contributed by atoms with van der Waals surface area (Å²) in [6, 6.07) is 7.48. The summed E-state index contributed by atoms with van der Waals surface area (Å²) in [7, 11) is -1.29. The second-order valence-electron chi connectivity index (χ2n) is 3.24. The summed E-state index contributed by atoms with van der Waals surface area (Å²) in [5.74, 6) is 0. The maximum absolute atomic E-state index is 11.9. The van der Waals surface area contributed by atoms with Gasteiger partial charge in [0.2, 0.25) is 0 Å². The van der Waals surface area contributed by atoms with Crippen LogP contribution in [0, 0.1) is 6.92 Å². The molecule has 1 nitrogen and oxygen atoms in total. The number of halogens is 1. The van der Waals surface area contributed by atoms with Crippen LogP contribution in [-0.4, -0.2) is 4.21 Å². The van der Waals surface area contributed by atoms with Crippen molar-refractivity contribution in [3.63, 3.8) is 0 Å². The van der Waals surface area contributed by atoms with Crippen molar-refractivity contribution < 1.29 is 4.21 Å². The van der Waals surface area contributed by atoms with Gasteiger partial charge in [0.05, 0.1) is 10.8 Å². The molecule has 0 aromatic heterocycles. The van der Waals surface area contributed by atoms with Crippen LogP contribution in [0.4, 0.5) is 0 Å². The summed E-state index contributed by atoms with van der Waals surface area (Å²) in [6.45, 7) is 7.37. The Morgan fingerprint density at radius 1 is 1.40 bits per heavy atom. The van der Waals surface area contributed by atoms with E-state index in [1.807, 2.05) is 31.2 Å². The molecule has 0 bridgehead atoms. The molecule has 0 spiro atoms. The molecule has 1 aromatic rings. The first-order chi connectivity index (χ1) is 7.06. The standard InChI is InChI=1S/C12H13ClOS/c1-4-10(3)12(13)15(14)11-7-5-9(2)6-8-11/h4-8H,1H2,2-3H3/b12-10+/t15-/m0/s1. The smallest absolute Gasteiger partial charge is 0.112 e. The van der Waals surface area contributed by atoms with Crippen LogP contribution in [0.15, 0.2) is 51.8 Å². The molecule has 0 radical (unpaired) electrons. The molecular weight excluding hydrogens is 228 g/mol. The molecule has 0 amide bonds. The predicted octanol–water partition coefficient (Wildman–Crippen LogP) is 3.76. The number of allylic oxidation sites excluding steroid dienone is 2. The average molecular weight is 241 g/mol. The molecule has 15 heavy (non-hydrogen) atoms. The summed E-state index contributed by atoms with van der Waals surface area (Å²) < 4.78 is 12.3. The zero-order valence-corrected chi connectivity index (χ0v) is 10.4. The third kappa shape index (κ3) is 3.05. The van der Waals surface area contributed by atoms with Crippen molar-refractivity contribution in [3.05, 3.63) is 52.4 Å². The Kier molecular flexibility index (Phi) is 4.30. The van der Waals surface area contributed by atoms with Crippen molar-refractivity contribution in [2.45, 2.75) is 18.7 Å². The van der Waals surface area contributed by atoms with Crippen molar-refractivity contribution in [1.29, 1.82) is 0 Å². The molecule has 1 aromatic carbocycles. The molecule has 0 unspecified atom stereocenters. The highest BCUT2D eigenvalue weighted by atomic mass is 35.5. The Balaban J connectivity index is 3.05. The Morgan fingerprint density at radius 3 is 2.40 bits per heavy atom. The lowest BCUT2D eigenvalue weighted by Gasteiger charge is -2.03. The van der Waals surface area contributed by atoms with E-state index in [2.05, 4.69) is 6.58 Å². The zero-order chi connectivity index (χ0) is 11.4. The van der Waals surface area contributed by atoms with E-state index in [9.17, 15) is 4.21 Å². The lowest BCUT2D eigenvalue weighted by molar-refractivity contribution is 0.687. The van der Waals surface area contributed by atoms with Gasteiger partial charge in [0, 0.05) is 4.90 Å². The molecule has 0 heterocycles. The number of hydrogen-bond acceptors (Lipinski definition) is 1. The highest BCUT2D eigenvalue weighted by Crippen LogP contribution is 2.21. The van der Waals surface area contributed by atoms with Gasteiger partial charge in [-0.15, -0.1) is 0 Å². The van der Waals surface area contributed by atoms with E-state index in [-0.39, 0.29) is 0 Å². The molecule has 0 saturated carbocycles. The molecule has 0 saturated heterocycles. The Labute approximate surface area is 97.9 Å². The number of benzene rings is 1. The highest BCUT2D eigenvalue weighted by molar-refractivity contribution is 7.90. The lowest BCUT2D eigenvalue weighted by Crippen LogP contribution is -1.93. The van der Waals surface area contributed by atoms with Gasteiger partial charge >= 0.3 is 0 Å². The molecule has 1 rings (SSSR count). The van der Waals surface area contributed by atoms with Gasteiger partial charge in [-0.05, 0) is 31.6 Å². The summed E-state index contributed by atoms with van der Waals surface area (Å²) in [5, 5.41) is 0. The van der Waals surface area contributed by atoms with Gasteiger partial charge in [-0.3, -0.25) is 0 Å². The normalized spacial score (nSPS) is 14.3. The third-order valence-corrected chi connectivity index (χ3v) is 4.08. The van der Waals surface area contributed by atoms with Crippen molar-refractivity contribution in [1.82, 2.24) is 0 Å². The van der Waals surface area contributed by atoms with Gasteiger partial charge in [-0.1, -0.05) is 42.0 Å². The second kappa shape index (κ2) is 5.29. The van der Waals surface area contributed by atoms with Gasteiger partial charge in [0.15, 0.2) is 0 Å². The molecular formula is C12H13ClOS. The minimum atomic E-state index is -1.29. The van der Waals surface area contributed by atoms with Crippen LogP contribution in [0.5, 0.6) is 0 Å². The maximum atomic E-state index is 11.9. The van der Waals surface area contributed by atoms with Crippen LogP contribution in [0.2, 0.25) is 0 Å². The van der Waals surface area contributed by atoms with Gasteiger partial charge in [0.25, 0.3) is 0 Å². The van der Waals surface area contributed by atoms with Crippen LogP contribution in [0.1, 0.15) is 12.5 Å². The van der Waals surface area contributed by atoms with Gasteiger partial charge in [-0.25, -0.2) is 4.21 Å². The third-order valence-electron chi connectivity index (χ3n) is 2.01. The van der Waals surface area contributed by atoms with Gasteiger partial charge in [0.1, 0.15) is 4.36 Å². The minimum Gasteiger partial charge on any atom is -0.248 e. The fourth-order valence-electron chi connectivity index (χ4n) is 0.992. The van der Waals surface area contributed by atoms with Crippen LogP contribution in [0.25, 0.3) is 0 Å². The molecule has 0 N–H and O–H groups in total. The van der Waals surface area contributed by atoms with Crippen molar-refractivity contribution >= 4 is 22.4 Å². The highest BCUT2D eigenvalue weighted by Gasteiger charge is 2.09. The maximum Gasteiger partial charge on any atom is 0.112 e.